The molecule has 1 atom stereocenters. The van der Waals surface area contributed by atoms with Gasteiger partial charge in [0, 0.05) is 16.6 Å². The molecule has 20 heavy (non-hydrogen) atoms. The molecule has 108 valence electrons. The van der Waals surface area contributed by atoms with Gasteiger partial charge >= 0.3 is 5.17 Å². The molecule has 1 unspecified atom stereocenters. The van der Waals surface area contributed by atoms with Crippen LogP contribution in [0.1, 0.15) is 12.5 Å². The van der Waals surface area contributed by atoms with E-state index in [1.54, 1.807) is 11.8 Å². The van der Waals surface area contributed by atoms with Crippen molar-refractivity contribution in [2.24, 2.45) is 0 Å². The molecule has 0 aliphatic carbocycles. The number of rotatable bonds is 2. The number of hydrogen-bond donors (Lipinski definition) is 1. The van der Waals surface area contributed by atoms with E-state index in [2.05, 4.69) is 44.3 Å². The maximum Gasteiger partial charge on any atom is 0.313 e. The molecule has 2 heterocycles. The third kappa shape index (κ3) is 2.28. The first-order chi connectivity index (χ1) is 9.54. The molecule has 1 fully saturated rings. The molecule has 0 spiro atoms. The van der Waals surface area contributed by atoms with E-state index in [-0.39, 0.29) is 0 Å². The second-order valence-electron chi connectivity index (χ2n) is 5.29. The molecule has 1 aromatic rings. The molecule has 2 aliphatic heterocycles. The van der Waals surface area contributed by atoms with Gasteiger partial charge in [0.05, 0.1) is 12.8 Å². The first kappa shape index (κ1) is 14.4. The third-order valence-electron chi connectivity index (χ3n) is 3.91. The van der Waals surface area contributed by atoms with Crippen molar-refractivity contribution in [3.63, 3.8) is 0 Å². The van der Waals surface area contributed by atoms with Crippen molar-refractivity contribution < 1.29 is 9.68 Å². The fourth-order valence-electron chi connectivity index (χ4n) is 2.73. The van der Waals surface area contributed by atoms with Crippen LogP contribution in [0.4, 0.5) is 0 Å². The van der Waals surface area contributed by atoms with Crippen molar-refractivity contribution in [1.29, 1.82) is 0 Å². The lowest BCUT2D eigenvalue weighted by atomic mass is 10.0. The van der Waals surface area contributed by atoms with Crippen LogP contribution in [0.15, 0.2) is 28.7 Å². The second-order valence-corrected chi connectivity index (χ2v) is 7.15. The summed E-state index contributed by atoms with van der Waals surface area (Å²) in [6.45, 7) is 4.83. The van der Waals surface area contributed by atoms with Crippen LogP contribution in [0.3, 0.4) is 0 Å². The molecule has 0 bridgehead atoms. The van der Waals surface area contributed by atoms with E-state index in [4.69, 9.17) is 0 Å². The number of thioether (sulfide) groups is 1. The topological polar surface area (TPSA) is 29.7 Å². The monoisotopic (exact) mass is 356 g/mol. The smallest absolute Gasteiger partial charge is 0.313 e. The van der Waals surface area contributed by atoms with Crippen LogP contribution in [0.5, 0.6) is 0 Å². The lowest BCUT2D eigenvalue weighted by Crippen LogP contribution is -2.56. The van der Waals surface area contributed by atoms with E-state index in [0.29, 0.717) is 5.75 Å². The first-order valence-corrected chi connectivity index (χ1v) is 8.52. The molecule has 1 aromatic carbocycles. The van der Waals surface area contributed by atoms with Crippen LogP contribution >= 0.6 is 27.7 Å². The lowest BCUT2D eigenvalue weighted by Gasteiger charge is -2.35. The van der Waals surface area contributed by atoms with Crippen molar-refractivity contribution >= 4 is 32.9 Å². The van der Waals surface area contributed by atoms with Crippen molar-refractivity contribution in [2.75, 3.05) is 32.7 Å². The van der Waals surface area contributed by atoms with Gasteiger partial charge in [-0.05, 0) is 23.9 Å². The van der Waals surface area contributed by atoms with Crippen LogP contribution in [-0.2, 0) is 5.72 Å². The molecular weight excluding hydrogens is 338 g/mol. The molecule has 0 saturated carbocycles. The number of fused-ring (bicyclic) bond motifs is 1. The number of benzene rings is 1. The molecule has 1 saturated heterocycles. The standard InChI is InChI=1S/C14H19BrN3OS/c1-3-17-9-16(2)13-18(10-17)14(19,8-20-13)11-4-6-12(15)7-5-11/h4-7,19H,3,8-10H2,1-2H3/q+1. The van der Waals surface area contributed by atoms with Gasteiger partial charge in [0.1, 0.15) is 13.3 Å². The summed E-state index contributed by atoms with van der Waals surface area (Å²) in [4.78, 5) is 4.44. The average molecular weight is 357 g/mol. The zero-order chi connectivity index (χ0) is 14.3. The summed E-state index contributed by atoms with van der Waals surface area (Å²) in [5, 5.41) is 12.4. The fourth-order valence-corrected chi connectivity index (χ4v) is 4.29. The predicted octanol–water partition coefficient (Wildman–Crippen LogP) is 1.89. The number of aliphatic hydroxyl groups is 1. The number of nitrogens with zero attached hydrogens (tertiary/aromatic N) is 3. The average Bonchev–Trinajstić information content (AvgIpc) is 2.79. The van der Waals surface area contributed by atoms with Crippen molar-refractivity contribution in [3.05, 3.63) is 34.3 Å². The third-order valence-corrected chi connectivity index (χ3v) is 5.78. The Balaban J connectivity index is 1.98. The highest BCUT2D eigenvalue weighted by molar-refractivity contribution is 9.10. The molecular formula is C14H19BrN3OS+. The minimum Gasteiger partial charge on any atom is -0.349 e. The van der Waals surface area contributed by atoms with Gasteiger partial charge < -0.3 is 5.11 Å². The van der Waals surface area contributed by atoms with Gasteiger partial charge in [0.25, 0.3) is 0 Å². The van der Waals surface area contributed by atoms with E-state index in [1.165, 1.54) is 5.17 Å². The number of halogens is 1. The Morgan fingerprint density at radius 3 is 2.75 bits per heavy atom. The van der Waals surface area contributed by atoms with E-state index in [1.807, 2.05) is 24.3 Å². The maximum atomic E-state index is 11.2. The summed E-state index contributed by atoms with van der Waals surface area (Å²) in [5.74, 6) is 0.672. The van der Waals surface area contributed by atoms with Crippen LogP contribution in [0.25, 0.3) is 0 Å². The molecule has 0 amide bonds. The van der Waals surface area contributed by atoms with Crippen LogP contribution in [0.2, 0.25) is 0 Å². The summed E-state index contributed by atoms with van der Waals surface area (Å²) in [5.41, 5.74) is 0.0394. The van der Waals surface area contributed by atoms with E-state index >= 15 is 0 Å². The number of amidine groups is 1. The molecule has 4 nitrogen and oxygen atoms in total. The molecule has 1 N–H and O–H groups in total. The zero-order valence-electron chi connectivity index (χ0n) is 11.7. The lowest BCUT2D eigenvalue weighted by molar-refractivity contribution is -0.534. The van der Waals surface area contributed by atoms with Crippen LogP contribution in [0, 0.1) is 0 Å². The summed E-state index contributed by atoms with van der Waals surface area (Å²) < 4.78 is 3.25. The van der Waals surface area contributed by atoms with Gasteiger partial charge in [0.15, 0.2) is 0 Å². The Labute approximate surface area is 132 Å². The van der Waals surface area contributed by atoms with Crippen molar-refractivity contribution in [1.82, 2.24) is 9.80 Å². The SMILES string of the molecule is CCN1CN2C(=[N+](C)C1)SCC2(O)c1ccc(Br)cc1. The summed E-state index contributed by atoms with van der Waals surface area (Å²) >= 11 is 5.18. The van der Waals surface area contributed by atoms with Crippen molar-refractivity contribution in [2.45, 2.75) is 12.6 Å². The normalized spacial score (nSPS) is 27.1. The Bertz CT molecular complexity index is 548. The van der Waals surface area contributed by atoms with Gasteiger partial charge in [-0.25, -0.2) is 14.4 Å². The largest absolute Gasteiger partial charge is 0.349 e. The van der Waals surface area contributed by atoms with Gasteiger partial charge in [-0.2, -0.15) is 0 Å². The Kier molecular flexibility index (Phi) is 3.83. The summed E-state index contributed by atoms with van der Waals surface area (Å²) in [6.07, 6.45) is 0. The van der Waals surface area contributed by atoms with Gasteiger partial charge in [-0.15, -0.1) is 0 Å². The Morgan fingerprint density at radius 2 is 2.10 bits per heavy atom. The van der Waals surface area contributed by atoms with Gasteiger partial charge in [-0.1, -0.05) is 35.0 Å². The van der Waals surface area contributed by atoms with Crippen molar-refractivity contribution in [3.8, 4) is 0 Å². The van der Waals surface area contributed by atoms with Gasteiger partial charge in [-0.3, -0.25) is 0 Å². The molecule has 0 radical (unpaired) electrons. The molecule has 2 aliphatic rings. The maximum absolute atomic E-state index is 11.2. The highest BCUT2D eigenvalue weighted by atomic mass is 79.9. The molecule has 3 rings (SSSR count). The van der Waals surface area contributed by atoms with E-state index in [0.717, 1.165) is 29.9 Å². The second kappa shape index (κ2) is 5.33. The molecule has 0 aromatic heterocycles. The van der Waals surface area contributed by atoms with Crippen LogP contribution in [-0.4, -0.2) is 57.3 Å². The van der Waals surface area contributed by atoms with Crippen LogP contribution < -0.4 is 0 Å². The Morgan fingerprint density at radius 1 is 1.40 bits per heavy atom. The first-order valence-electron chi connectivity index (χ1n) is 6.74. The quantitative estimate of drug-likeness (QED) is 0.819. The van der Waals surface area contributed by atoms with E-state index < -0.39 is 5.72 Å². The minimum absolute atomic E-state index is 0.672. The minimum atomic E-state index is -0.914. The zero-order valence-corrected chi connectivity index (χ0v) is 14.1. The van der Waals surface area contributed by atoms with E-state index in [9.17, 15) is 5.11 Å². The highest BCUT2D eigenvalue weighted by Crippen LogP contribution is 2.40. The predicted molar refractivity (Wildman–Crippen MR) is 85.6 cm³/mol. The summed E-state index contributed by atoms with van der Waals surface area (Å²) in [7, 11) is 2.09. The highest BCUT2D eigenvalue weighted by Gasteiger charge is 2.53. The Hall–Kier alpha value is -0.560. The summed E-state index contributed by atoms with van der Waals surface area (Å²) in [6, 6.07) is 7.97. The molecule has 6 heteroatoms. The number of hydrogen-bond acceptors (Lipinski definition) is 4. The van der Waals surface area contributed by atoms with Gasteiger partial charge in [0.2, 0.25) is 5.72 Å². The fraction of sp³-hybridized carbons (Fsp3) is 0.500.